The lowest BCUT2D eigenvalue weighted by atomic mass is 10.1. The quantitative estimate of drug-likeness (QED) is 0.511. The van der Waals surface area contributed by atoms with E-state index in [0.717, 1.165) is 0 Å². The molecule has 0 fully saturated rings. The van der Waals surface area contributed by atoms with Crippen LogP contribution >= 0.6 is 11.8 Å². The van der Waals surface area contributed by atoms with Crippen LogP contribution in [0.3, 0.4) is 0 Å². The van der Waals surface area contributed by atoms with Crippen LogP contribution in [-0.2, 0) is 9.59 Å². The number of carbonyl (C=O) groups excluding carboxylic acids is 2. The third kappa shape index (κ3) is 5.76. The fourth-order valence-electron chi connectivity index (χ4n) is 1.03. The van der Waals surface area contributed by atoms with E-state index in [4.69, 9.17) is 10.8 Å². The van der Waals surface area contributed by atoms with Gasteiger partial charge in [-0.15, -0.1) is 0 Å². The van der Waals surface area contributed by atoms with E-state index in [2.05, 4.69) is 10.6 Å². The Kier molecular flexibility index (Phi) is 6.53. The maximum absolute atomic E-state index is 11.5. The van der Waals surface area contributed by atoms with Crippen LogP contribution in [0.5, 0.6) is 0 Å². The molecule has 0 saturated carbocycles. The summed E-state index contributed by atoms with van der Waals surface area (Å²) in [6.07, 6.45) is 2.15. The van der Waals surface area contributed by atoms with Gasteiger partial charge in [-0.2, -0.15) is 11.8 Å². The first-order chi connectivity index (χ1) is 8.20. The van der Waals surface area contributed by atoms with E-state index in [1.165, 1.54) is 25.6 Å². The van der Waals surface area contributed by atoms with Gasteiger partial charge in [-0.25, -0.2) is 9.59 Å². The third-order valence-electron chi connectivity index (χ3n) is 2.26. The van der Waals surface area contributed by atoms with E-state index < -0.39 is 29.5 Å². The molecule has 0 spiro atoms. The maximum Gasteiger partial charge on any atom is 0.326 e. The predicted octanol–water partition coefficient (Wildman–Crippen LogP) is -0.244. The zero-order chi connectivity index (χ0) is 14.3. The third-order valence-corrected chi connectivity index (χ3v) is 2.90. The Morgan fingerprint density at radius 1 is 1.39 bits per heavy atom. The second kappa shape index (κ2) is 7.10. The first-order valence-electron chi connectivity index (χ1n) is 5.31. The highest BCUT2D eigenvalue weighted by molar-refractivity contribution is 7.98. The van der Waals surface area contributed by atoms with E-state index in [1.54, 1.807) is 0 Å². The highest BCUT2D eigenvalue weighted by atomic mass is 32.2. The SMILES string of the molecule is CSCC[C@H](NC(=O)NC(C)(C)C(N)=O)C(=O)O. The van der Waals surface area contributed by atoms with Crippen LogP contribution in [0.2, 0.25) is 0 Å². The van der Waals surface area contributed by atoms with Crippen LogP contribution in [0.4, 0.5) is 4.79 Å². The van der Waals surface area contributed by atoms with Gasteiger partial charge in [0.25, 0.3) is 0 Å². The van der Waals surface area contributed by atoms with Crippen molar-refractivity contribution >= 4 is 29.7 Å². The Morgan fingerprint density at radius 2 is 1.94 bits per heavy atom. The molecule has 8 heteroatoms. The van der Waals surface area contributed by atoms with Crippen LogP contribution in [0.15, 0.2) is 0 Å². The van der Waals surface area contributed by atoms with Crippen LogP contribution in [0, 0.1) is 0 Å². The van der Waals surface area contributed by atoms with Crippen LogP contribution < -0.4 is 16.4 Å². The minimum atomic E-state index is -1.23. The monoisotopic (exact) mass is 277 g/mol. The lowest BCUT2D eigenvalue weighted by molar-refractivity contribution is -0.139. The molecular formula is C10H19N3O4S. The average molecular weight is 277 g/mol. The Labute approximate surface area is 110 Å². The number of carboxylic acid groups (broad SMARTS) is 1. The van der Waals surface area contributed by atoms with Gasteiger partial charge >= 0.3 is 12.0 Å². The van der Waals surface area contributed by atoms with E-state index in [0.29, 0.717) is 12.2 Å². The number of aliphatic carboxylic acids is 1. The topological polar surface area (TPSA) is 122 Å². The molecule has 3 amide bonds. The zero-order valence-electron chi connectivity index (χ0n) is 10.6. The summed E-state index contributed by atoms with van der Waals surface area (Å²) in [6, 6.07) is -1.71. The molecule has 0 aliphatic carbocycles. The Morgan fingerprint density at radius 3 is 2.33 bits per heavy atom. The van der Waals surface area contributed by atoms with Crippen molar-refractivity contribution in [1.82, 2.24) is 10.6 Å². The van der Waals surface area contributed by atoms with Gasteiger partial charge in [0.1, 0.15) is 11.6 Å². The van der Waals surface area contributed by atoms with Gasteiger partial charge in [0.2, 0.25) is 5.91 Å². The number of rotatable bonds is 7. The van der Waals surface area contributed by atoms with E-state index in [-0.39, 0.29) is 0 Å². The highest BCUT2D eigenvalue weighted by Crippen LogP contribution is 2.03. The molecule has 0 aliphatic heterocycles. The van der Waals surface area contributed by atoms with Crippen molar-refractivity contribution in [3.8, 4) is 0 Å². The molecule has 0 bridgehead atoms. The molecule has 5 N–H and O–H groups in total. The Balaban J connectivity index is 4.43. The normalized spacial score (nSPS) is 12.6. The van der Waals surface area contributed by atoms with Gasteiger partial charge < -0.3 is 21.5 Å². The summed E-state index contributed by atoms with van der Waals surface area (Å²) in [4.78, 5) is 33.4. The molecule has 0 heterocycles. The molecule has 1 atom stereocenters. The molecule has 0 saturated heterocycles. The second-order valence-corrected chi connectivity index (χ2v) is 5.25. The molecule has 0 unspecified atom stereocenters. The van der Waals surface area contributed by atoms with Crippen molar-refractivity contribution in [3.63, 3.8) is 0 Å². The van der Waals surface area contributed by atoms with Crippen molar-refractivity contribution in [2.45, 2.75) is 31.8 Å². The molecule has 0 radical (unpaired) electrons. The maximum atomic E-state index is 11.5. The molecule has 0 aromatic carbocycles. The summed E-state index contributed by atoms with van der Waals surface area (Å²) in [5, 5.41) is 13.5. The fraction of sp³-hybridized carbons (Fsp3) is 0.700. The first-order valence-corrected chi connectivity index (χ1v) is 6.70. The van der Waals surface area contributed by atoms with E-state index >= 15 is 0 Å². The van der Waals surface area contributed by atoms with Gasteiger partial charge in [0.05, 0.1) is 0 Å². The molecule has 7 nitrogen and oxygen atoms in total. The fourth-order valence-corrected chi connectivity index (χ4v) is 1.50. The number of primary amides is 1. The molecule has 0 aromatic rings. The van der Waals surface area contributed by atoms with Gasteiger partial charge in [0, 0.05) is 0 Å². The van der Waals surface area contributed by atoms with Crippen molar-refractivity contribution in [3.05, 3.63) is 0 Å². The van der Waals surface area contributed by atoms with Crippen molar-refractivity contribution in [2.75, 3.05) is 12.0 Å². The minimum Gasteiger partial charge on any atom is -0.480 e. The molecular weight excluding hydrogens is 258 g/mol. The summed E-state index contributed by atoms with van der Waals surface area (Å²) in [5.41, 5.74) is 3.86. The first kappa shape index (κ1) is 16.6. The van der Waals surface area contributed by atoms with Gasteiger partial charge in [-0.3, -0.25) is 4.79 Å². The number of nitrogens with two attached hydrogens (primary N) is 1. The van der Waals surface area contributed by atoms with E-state index in [9.17, 15) is 14.4 Å². The number of hydrogen-bond acceptors (Lipinski definition) is 4. The lowest BCUT2D eigenvalue weighted by Gasteiger charge is -2.24. The largest absolute Gasteiger partial charge is 0.480 e. The number of amides is 3. The van der Waals surface area contributed by atoms with Crippen molar-refractivity contribution in [2.24, 2.45) is 5.73 Å². The molecule has 0 aromatic heterocycles. The van der Waals surface area contributed by atoms with Gasteiger partial charge in [-0.05, 0) is 32.3 Å². The molecule has 0 aliphatic rings. The average Bonchev–Trinajstić information content (AvgIpc) is 2.22. The number of hydrogen-bond donors (Lipinski definition) is 4. The second-order valence-electron chi connectivity index (χ2n) is 4.26. The lowest BCUT2D eigenvalue weighted by Crippen LogP contribution is -2.58. The van der Waals surface area contributed by atoms with Crippen molar-refractivity contribution < 1.29 is 19.5 Å². The minimum absolute atomic E-state index is 0.306. The Hall–Kier alpha value is -1.44. The Bertz CT molecular complexity index is 333. The van der Waals surface area contributed by atoms with Crippen LogP contribution in [0.1, 0.15) is 20.3 Å². The summed E-state index contributed by atoms with van der Waals surface area (Å²) in [5.74, 6) is -1.21. The predicted molar refractivity (Wildman–Crippen MR) is 69.4 cm³/mol. The summed E-state index contributed by atoms with van der Waals surface area (Å²) in [7, 11) is 0. The number of carbonyl (C=O) groups is 3. The van der Waals surface area contributed by atoms with Crippen LogP contribution in [0.25, 0.3) is 0 Å². The van der Waals surface area contributed by atoms with Gasteiger partial charge in [-0.1, -0.05) is 0 Å². The summed E-state index contributed by atoms with van der Waals surface area (Å²) < 4.78 is 0. The standard InChI is InChI=1S/C10H19N3O4S/c1-10(2,8(11)16)13-9(17)12-6(7(14)15)4-5-18-3/h6H,4-5H2,1-3H3,(H2,11,16)(H,14,15)(H2,12,13,17)/t6-/m0/s1. The zero-order valence-corrected chi connectivity index (χ0v) is 11.5. The van der Waals surface area contributed by atoms with E-state index in [1.807, 2.05) is 6.26 Å². The number of thioether (sulfide) groups is 1. The molecule has 18 heavy (non-hydrogen) atoms. The molecule has 0 rings (SSSR count). The summed E-state index contributed by atoms with van der Waals surface area (Å²) in [6.45, 7) is 2.87. The van der Waals surface area contributed by atoms with Crippen molar-refractivity contribution in [1.29, 1.82) is 0 Å². The van der Waals surface area contributed by atoms with Crippen LogP contribution in [-0.4, -0.2) is 46.6 Å². The highest BCUT2D eigenvalue weighted by Gasteiger charge is 2.28. The van der Waals surface area contributed by atoms with Gasteiger partial charge in [0.15, 0.2) is 0 Å². The number of urea groups is 1. The molecule has 104 valence electrons. The smallest absolute Gasteiger partial charge is 0.326 e. The number of nitrogens with one attached hydrogen (secondary N) is 2. The number of carboxylic acids is 1. The summed E-state index contributed by atoms with van der Waals surface area (Å²) >= 11 is 1.48.